The maximum atomic E-state index is 13.2. The van der Waals surface area contributed by atoms with Crippen molar-refractivity contribution in [2.24, 2.45) is 0 Å². The summed E-state index contributed by atoms with van der Waals surface area (Å²) in [6, 6.07) is 14.1. The van der Waals surface area contributed by atoms with Crippen LogP contribution in [0.5, 0.6) is 0 Å². The first kappa shape index (κ1) is 19.8. The van der Waals surface area contributed by atoms with Crippen LogP contribution in [0.3, 0.4) is 0 Å². The normalized spacial score (nSPS) is 11.0. The number of benzene rings is 2. The molecule has 3 aromatic rings. The van der Waals surface area contributed by atoms with E-state index in [1.165, 1.54) is 23.9 Å². The van der Waals surface area contributed by atoms with Crippen molar-refractivity contribution in [3.63, 3.8) is 0 Å². The Bertz CT molecular complexity index is 916. The predicted octanol–water partition coefficient (Wildman–Crippen LogP) is 3.78. The third-order valence-electron chi connectivity index (χ3n) is 4.82. The molecule has 0 spiro atoms. The number of carbonyl (C=O) groups is 1. The summed E-state index contributed by atoms with van der Waals surface area (Å²) >= 11 is 0. The molecule has 28 heavy (non-hydrogen) atoms. The molecule has 1 aromatic heterocycles. The molecular formula is C22H25FN4O. The molecule has 0 aliphatic heterocycles. The monoisotopic (exact) mass is 380 g/mol. The highest BCUT2D eigenvalue weighted by atomic mass is 19.1. The van der Waals surface area contributed by atoms with Crippen molar-refractivity contribution in [1.29, 1.82) is 0 Å². The number of hydrogen-bond donors (Lipinski definition) is 1. The summed E-state index contributed by atoms with van der Waals surface area (Å²) in [5.41, 5.74) is 3.40. The van der Waals surface area contributed by atoms with Crippen LogP contribution in [0.1, 0.15) is 35.5 Å². The summed E-state index contributed by atoms with van der Waals surface area (Å²) in [6.45, 7) is 7.54. The van der Waals surface area contributed by atoms with Gasteiger partial charge in [-0.3, -0.25) is 14.3 Å². The molecule has 1 heterocycles. The van der Waals surface area contributed by atoms with Crippen LogP contribution in [0.15, 0.2) is 61.1 Å². The average molecular weight is 380 g/mol. The number of carbonyl (C=O) groups excluding carboxylic acids is 1. The van der Waals surface area contributed by atoms with Gasteiger partial charge in [-0.05, 0) is 48.5 Å². The summed E-state index contributed by atoms with van der Waals surface area (Å²) in [7, 11) is 0. The fourth-order valence-electron chi connectivity index (χ4n) is 3.11. The first-order valence-electron chi connectivity index (χ1n) is 9.48. The summed E-state index contributed by atoms with van der Waals surface area (Å²) in [4.78, 5) is 19.1. The zero-order valence-corrected chi connectivity index (χ0v) is 16.2. The van der Waals surface area contributed by atoms with Gasteiger partial charge in [-0.2, -0.15) is 0 Å². The Kier molecular flexibility index (Phi) is 6.55. The van der Waals surface area contributed by atoms with Crippen molar-refractivity contribution >= 4 is 5.91 Å². The molecule has 0 radical (unpaired) electrons. The van der Waals surface area contributed by atoms with Crippen LogP contribution in [-0.2, 0) is 13.1 Å². The highest BCUT2D eigenvalue weighted by Crippen LogP contribution is 2.14. The van der Waals surface area contributed by atoms with Gasteiger partial charge in [-0.25, -0.2) is 9.37 Å². The average Bonchev–Trinajstić information content (AvgIpc) is 3.21. The lowest BCUT2D eigenvalue weighted by Gasteiger charge is -2.20. The van der Waals surface area contributed by atoms with Crippen molar-refractivity contribution < 1.29 is 9.18 Å². The first-order chi connectivity index (χ1) is 13.6. The van der Waals surface area contributed by atoms with Gasteiger partial charge in [0.25, 0.3) is 5.91 Å². The molecule has 0 aliphatic carbocycles. The summed E-state index contributed by atoms with van der Waals surface area (Å²) in [5, 5.41) is 2.98. The van der Waals surface area contributed by atoms with E-state index >= 15 is 0 Å². The first-order valence-corrected chi connectivity index (χ1v) is 9.48. The number of amides is 1. The molecule has 1 N–H and O–H groups in total. The minimum absolute atomic E-state index is 0.223. The molecule has 3 rings (SSSR count). The van der Waals surface area contributed by atoms with Gasteiger partial charge >= 0.3 is 0 Å². The fraction of sp³-hybridized carbons (Fsp3) is 0.273. The largest absolute Gasteiger partial charge is 0.347 e. The second-order valence-electron chi connectivity index (χ2n) is 6.54. The number of nitrogens with one attached hydrogen (secondary N) is 1. The van der Waals surface area contributed by atoms with Crippen molar-refractivity contribution in [1.82, 2.24) is 19.8 Å². The van der Waals surface area contributed by atoms with E-state index in [2.05, 4.69) is 35.1 Å². The van der Waals surface area contributed by atoms with Gasteiger partial charge in [0.15, 0.2) is 0 Å². The maximum absolute atomic E-state index is 13.2. The van der Waals surface area contributed by atoms with Crippen molar-refractivity contribution in [3.05, 3.63) is 83.7 Å². The number of imidazole rings is 1. The Morgan fingerprint density at radius 1 is 1.07 bits per heavy atom. The van der Waals surface area contributed by atoms with E-state index in [9.17, 15) is 9.18 Å². The Balaban J connectivity index is 1.72. The van der Waals surface area contributed by atoms with Gasteiger partial charge in [0, 0.05) is 18.8 Å². The van der Waals surface area contributed by atoms with Gasteiger partial charge in [0.05, 0.1) is 12.5 Å². The van der Waals surface area contributed by atoms with Crippen LogP contribution in [0, 0.1) is 5.82 Å². The second kappa shape index (κ2) is 9.28. The molecule has 0 saturated carbocycles. The van der Waals surface area contributed by atoms with Crippen LogP contribution >= 0.6 is 0 Å². The molecule has 0 unspecified atom stereocenters. The Labute approximate surface area is 164 Å². The van der Waals surface area contributed by atoms with E-state index in [1.807, 2.05) is 18.2 Å². The summed E-state index contributed by atoms with van der Waals surface area (Å²) in [6.07, 6.45) is 3.07. The lowest BCUT2D eigenvalue weighted by Crippen LogP contribution is -2.27. The van der Waals surface area contributed by atoms with Crippen LogP contribution in [0.25, 0.3) is 5.69 Å². The lowest BCUT2D eigenvalue weighted by atomic mass is 10.1. The third-order valence-corrected chi connectivity index (χ3v) is 4.82. The quantitative estimate of drug-likeness (QED) is 0.647. The number of aromatic nitrogens is 2. The van der Waals surface area contributed by atoms with Gasteiger partial charge in [-0.15, -0.1) is 0 Å². The third kappa shape index (κ3) is 4.64. The van der Waals surface area contributed by atoms with E-state index < -0.39 is 0 Å². The zero-order valence-electron chi connectivity index (χ0n) is 16.2. The lowest BCUT2D eigenvalue weighted by molar-refractivity contribution is 0.0944. The molecule has 2 aromatic carbocycles. The molecule has 5 nitrogen and oxygen atoms in total. The zero-order chi connectivity index (χ0) is 19.9. The molecule has 0 saturated heterocycles. The molecule has 6 heteroatoms. The van der Waals surface area contributed by atoms with Crippen LogP contribution in [-0.4, -0.2) is 33.4 Å². The van der Waals surface area contributed by atoms with Crippen LogP contribution in [0.4, 0.5) is 4.39 Å². The fourth-order valence-corrected chi connectivity index (χ4v) is 3.11. The smallest absolute Gasteiger partial charge is 0.270 e. The van der Waals surface area contributed by atoms with E-state index in [0.29, 0.717) is 17.9 Å². The number of hydrogen-bond acceptors (Lipinski definition) is 3. The van der Waals surface area contributed by atoms with Crippen molar-refractivity contribution in [2.45, 2.75) is 26.9 Å². The molecule has 0 atom stereocenters. The highest BCUT2D eigenvalue weighted by Gasteiger charge is 2.14. The van der Waals surface area contributed by atoms with Crippen LogP contribution < -0.4 is 5.32 Å². The number of nitrogens with zero attached hydrogens (tertiary/aromatic N) is 3. The minimum atomic E-state index is -0.320. The number of halogens is 1. The molecule has 146 valence electrons. The predicted molar refractivity (Wildman–Crippen MR) is 108 cm³/mol. The Morgan fingerprint density at radius 2 is 1.75 bits per heavy atom. The van der Waals surface area contributed by atoms with Gasteiger partial charge in [-0.1, -0.05) is 38.1 Å². The van der Waals surface area contributed by atoms with Gasteiger partial charge in [0.2, 0.25) is 0 Å². The Morgan fingerprint density at radius 3 is 2.43 bits per heavy atom. The van der Waals surface area contributed by atoms with E-state index in [1.54, 1.807) is 23.0 Å². The molecule has 1 amide bonds. The maximum Gasteiger partial charge on any atom is 0.270 e. The highest BCUT2D eigenvalue weighted by molar-refractivity contribution is 5.93. The standard InChI is InChI=1S/C22H25FN4O/c1-3-26(4-2)15-18-8-6-5-7-17(18)13-25-22(28)21-14-24-16-27(21)20-11-9-19(23)10-12-20/h5-12,14,16H,3-4,13,15H2,1-2H3,(H,25,28). The van der Waals surface area contributed by atoms with Gasteiger partial charge in [0.1, 0.15) is 11.5 Å². The van der Waals surface area contributed by atoms with Crippen molar-refractivity contribution in [2.75, 3.05) is 13.1 Å². The van der Waals surface area contributed by atoms with E-state index in [-0.39, 0.29) is 11.7 Å². The van der Waals surface area contributed by atoms with E-state index in [0.717, 1.165) is 25.2 Å². The summed E-state index contributed by atoms with van der Waals surface area (Å²) < 4.78 is 14.8. The molecule has 0 aliphatic rings. The van der Waals surface area contributed by atoms with Crippen LogP contribution in [0.2, 0.25) is 0 Å². The Hall–Kier alpha value is -2.99. The minimum Gasteiger partial charge on any atom is -0.347 e. The second-order valence-corrected chi connectivity index (χ2v) is 6.54. The SMILES string of the molecule is CCN(CC)Cc1ccccc1CNC(=O)c1cncn1-c1ccc(F)cc1. The molecule has 0 bridgehead atoms. The van der Waals surface area contributed by atoms with Crippen molar-refractivity contribution in [3.8, 4) is 5.69 Å². The summed E-state index contributed by atoms with van der Waals surface area (Å²) in [5.74, 6) is -0.542. The molecular weight excluding hydrogens is 355 g/mol. The van der Waals surface area contributed by atoms with Gasteiger partial charge < -0.3 is 5.32 Å². The topological polar surface area (TPSA) is 50.2 Å². The molecule has 0 fully saturated rings. The van der Waals surface area contributed by atoms with E-state index in [4.69, 9.17) is 0 Å². The number of rotatable bonds is 8.